The van der Waals surface area contributed by atoms with Gasteiger partial charge in [-0.2, -0.15) is 0 Å². The molecule has 2 aliphatic carbocycles. The molecule has 0 spiro atoms. The summed E-state index contributed by atoms with van der Waals surface area (Å²) in [4.78, 5) is 24.3. The SMILES string of the molecule is O=C(CCC(=O)NC1CCCCCCCCCCC1)NCCC1=CCCCC1. The van der Waals surface area contributed by atoms with Gasteiger partial charge in [-0.25, -0.2) is 0 Å². The maximum Gasteiger partial charge on any atom is 0.220 e. The van der Waals surface area contributed by atoms with E-state index >= 15 is 0 Å². The van der Waals surface area contributed by atoms with Crippen LogP contribution in [0.3, 0.4) is 0 Å². The third-order valence-electron chi connectivity index (χ3n) is 6.20. The lowest BCUT2D eigenvalue weighted by molar-refractivity contribution is -0.126. The van der Waals surface area contributed by atoms with Crippen molar-refractivity contribution in [2.75, 3.05) is 6.54 Å². The van der Waals surface area contributed by atoms with E-state index in [1.807, 2.05) is 0 Å². The highest BCUT2D eigenvalue weighted by Gasteiger charge is 2.14. The average Bonchev–Trinajstić information content (AvgIpc) is 2.69. The highest BCUT2D eigenvalue weighted by Crippen LogP contribution is 2.19. The van der Waals surface area contributed by atoms with Crippen LogP contribution in [0.2, 0.25) is 0 Å². The fourth-order valence-electron chi connectivity index (χ4n) is 4.42. The summed E-state index contributed by atoms with van der Waals surface area (Å²) in [6.45, 7) is 0.703. The van der Waals surface area contributed by atoms with Crippen LogP contribution in [0.25, 0.3) is 0 Å². The van der Waals surface area contributed by atoms with Crippen LogP contribution in [-0.2, 0) is 9.59 Å². The molecule has 2 N–H and O–H groups in total. The molecule has 0 bridgehead atoms. The van der Waals surface area contributed by atoms with Crippen molar-refractivity contribution in [1.29, 1.82) is 0 Å². The standard InChI is InChI=1S/C24H42N2O2/c27-23(25-20-19-21-13-9-8-10-14-21)17-18-24(28)26-22-15-11-6-4-2-1-3-5-7-12-16-22/h13,22H,1-12,14-20H2,(H,25,27)(H,26,28). The van der Waals surface area contributed by atoms with Crippen molar-refractivity contribution in [3.05, 3.63) is 11.6 Å². The predicted octanol–water partition coefficient (Wildman–Crippen LogP) is 5.56. The maximum atomic E-state index is 12.3. The summed E-state index contributed by atoms with van der Waals surface area (Å²) >= 11 is 0. The van der Waals surface area contributed by atoms with Crippen molar-refractivity contribution in [3.63, 3.8) is 0 Å². The lowest BCUT2D eigenvalue weighted by Gasteiger charge is -2.19. The first-order valence-corrected chi connectivity index (χ1v) is 12.0. The number of hydrogen-bond acceptors (Lipinski definition) is 2. The van der Waals surface area contributed by atoms with E-state index in [0.29, 0.717) is 25.4 Å². The van der Waals surface area contributed by atoms with Gasteiger partial charge in [0, 0.05) is 25.4 Å². The van der Waals surface area contributed by atoms with Gasteiger partial charge in [-0.15, -0.1) is 0 Å². The van der Waals surface area contributed by atoms with Gasteiger partial charge in [0.05, 0.1) is 0 Å². The number of allylic oxidation sites excluding steroid dienone is 1. The highest BCUT2D eigenvalue weighted by atomic mass is 16.2. The van der Waals surface area contributed by atoms with Crippen molar-refractivity contribution in [2.45, 2.75) is 122 Å². The molecule has 1 saturated carbocycles. The van der Waals surface area contributed by atoms with Gasteiger partial charge < -0.3 is 10.6 Å². The first-order chi connectivity index (χ1) is 13.7. The fourth-order valence-corrected chi connectivity index (χ4v) is 4.42. The molecular weight excluding hydrogens is 348 g/mol. The summed E-state index contributed by atoms with van der Waals surface area (Å²) < 4.78 is 0. The summed E-state index contributed by atoms with van der Waals surface area (Å²) in [6.07, 6.45) is 22.8. The zero-order valence-electron chi connectivity index (χ0n) is 17.9. The largest absolute Gasteiger partial charge is 0.356 e. The van der Waals surface area contributed by atoms with Crippen molar-refractivity contribution < 1.29 is 9.59 Å². The van der Waals surface area contributed by atoms with Crippen molar-refractivity contribution in [3.8, 4) is 0 Å². The maximum absolute atomic E-state index is 12.3. The van der Waals surface area contributed by atoms with E-state index in [2.05, 4.69) is 16.7 Å². The Kier molecular flexibility index (Phi) is 12.0. The predicted molar refractivity (Wildman–Crippen MR) is 116 cm³/mol. The van der Waals surface area contributed by atoms with Crippen LogP contribution in [0.15, 0.2) is 11.6 Å². The average molecular weight is 391 g/mol. The van der Waals surface area contributed by atoms with Crippen molar-refractivity contribution in [1.82, 2.24) is 10.6 Å². The molecule has 0 unspecified atom stereocenters. The minimum Gasteiger partial charge on any atom is -0.356 e. The van der Waals surface area contributed by atoms with Gasteiger partial charge in [-0.05, 0) is 44.9 Å². The van der Waals surface area contributed by atoms with Crippen LogP contribution in [0.1, 0.15) is 116 Å². The fraction of sp³-hybridized carbons (Fsp3) is 0.833. The molecule has 0 aromatic carbocycles. The van der Waals surface area contributed by atoms with E-state index in [0.717, 1.165) is 19.3 Å². The van der Waals surface area contributed by atoms with Gasteiger partial charge >= 0.3 is 0 Å². The van der Waals surface area contributed by atoms with Gasteiger partial charge in [0.1, 0.15) is 0 Å². The number of carbonyl (C=O) groups excluding carboxylic acids is 2. The topological polar surface area (TPSA) is 58.2 Å². The Morgan fingerprint density at radius 2 is 1.39 bits per heavy atom. The van der Waals surface area contributed by atoms with E-state index in [4.69, 9.17) is 0 Å². The second kappa shape index (κ2) is 14.6. The monoisotopic (exact) mass is 390 g/mol. The lowest BCUT2D eigenvalue weighted by Crippen LogP contribution is -2.36. The smallest absolute Gasteiger partial charge is 0.220 e. The zero-order valence-corrected chi connectivity index (χ0v) is 17.9. The first kappa shape index (κ1) is 23.0. The quantitative estimate of drug-likeness (QED) is 0.559. The van der Waals surface area contributed by atoms with Crippen LogP contribution in [0, 0.1) is 0 Å². The Labute approximate surface area is 172 Å². The molecule has 0 aromatic rings. The summed E-state index contributed by atoms with van der Waals surface area (Å²) in [7, 11) is 0. The summed E-state index contributed by atoms with van der Waals surface area (Å²) in [5, 5.41) is 6.18. The van der Waals surface area contributed by atoms with Crippen LogP contribution in [0.4, 0.5) is 0 Å². The van der Waals surface area contributed by atoms with Crippen molar-refractivity contribution >= 4 is 11.8 Å². The number of amides is 2. The molecule has 0 heterocycles. The van der Waals surface area contributed by atoms with Crippen LogP contribution in [-0.4, -0.2) is 24.4 Å². The van der Waals surface area contributed by atoms with E-state index in [-0.39, 0.29) is 11.8 Å². The second-order valence-electron chi connectivity index (χ2n) is 8.73. The van der Waals surface area contributed by atoms with Gasteiger partial charge in [0.25, 0.3) is 0 Å². The third-order valence-corrected chi connectivity index (χ3v) is 6.20. The molecule has 28 heavy (non-hydrogen) atoms. The number of hydrogen-bond donors (Lipinski definition) is 2. The second-order valence-corrected chi connectivity index (χ2v) is 8.73. The first-order valence-electron chi connectivity index (χ1n) is 12.0. The molecule has 2 amide bonds. The van der Waals surface area contributed by atoms with Gasteiger partial charge in [-0.1, -0.05) is 69.4 Å². The van der Waals surface area contributed by atoms with E-state index in [9.17, 15) is 9.59 Å². The third kappa shape index (κ3) is 10.9. The number of nitrogens with one attached hydrogen (secondary N) is 2. The van der Waals surface area contributed by atoms with E-state index < -0.39 is 0 Å². The molecule has 2 rings (SSSR count). The molecule has 0 radical (unpaired) electrons. The normalized spacial score (nSPS) is 20.4. The molecule has 0 aliphatic heterocycles. The Bertz CT molecular complexity index is 475. The Morgan fingerprint density at radius 3 is 2.00 bits per heavy atom. The van der Waals surface area contributed by atoms with Crippen LogP contribution >= 0.6 is 0 Å². The minimum atomic E-state index is 0.00486. The number of carbonyl (C=O) groups is 2. The molecule has 4 nitrogen and oxygen atoms in total. The van der Waals surface area contributed by atoms with E-state index in [1.54, 1.807) is 0 Å². The molecule has 160 valence electrons. The van der Waals surface area contributed by atoms with Gasteiger partial charge in [0.2, 0.25) is 11.8 Å². The van der Waals surface area contributed by atoms with Gasteiger partial charge in [-0.3, -0.25) is 9.59 Å². The molecule has 1 fully saturated rings. The molecule has 0 saturated heterocycles. The molecule has 2 aliphatic rings. The molecule has 0 atom stereocenters. The lowest BCUT2D eigenvalue weighted by atomic mass is 9.97. The van der Waals surface area contributed by atoms with E-state index in [1.165, 1.54) is 89.0 Å². The summed E-state index contributed by atoms with van der Waals surface area (Å²) in [5.74, 6) is 0.0486. The molecule has 0 aromatic heterocycles. The Morgan fingerprint density at radius 1 is 0.786 bits per heavy atom. The number of rotatable bonds is 7. The Balaban J connectivity index is 1.59. The Hall–Kier alpha value is -1.32. The molecule has 4 heteroatoms. The summed E-state index contributed by atoms with van der Waals surface area (Å²) in [6, 6.07) is 0.299. The van der Waals surface area contributed by atoms with Crippen molar-refractivity contribution in [2.24, 2.45) is 0 Å². The van der Waals surface area contributed by atoms with Crippen LogP contribution < -0.4 is 10.6 Å². The minimum absolute atomic E-state index is 0.00486. The molecular formula is C24H42N2O2. The summed E-state index contributed by atoms with van der Waals surface area (Å²) in [5.41, 5.74) is 1.48. The van der Waals surface area contributed by atoms with Crippen LogP contribution in [0.5, 0.6) is 0 Å². The highest BCUT2D eigenvalue weighted by molar-refractivity contribution is 5.83. The zero-order chi connectivity index (χ0) is 19.9. The van der Waals surface area contributed by atoms with Gasteiger partial charge in [0.15, 0.2) is 0 Å².